The topological polar surface area (TPSA) is 75.9 Å². The van der Waals surface area contributed by atoms with E-state index in [1.165, 1.54) is 0 Å². The summed E-state index contributed by atoms with van der Waals surface area (Å²) in [5.41, 5.74) is 6.52. The zero-order valence-corrected chi connectivity index (χ0v) is 22.8. The average Bonchev–Trinajstić information content (AvgIpc) is 2.94. The molecule has 0 atom stereocenters. The molecule has 0 unspecified atom stereocenters. The number of carbonyl (C=O) groups is 2. The number of hydrogen-bond donors (Lipinski definition) is 1. The highest BCUT2D eigenvalue weighted by Crippen LogP contribution is 2.53. The van der Waals surface area contributed by atoms with Gasteiger partial charge in [-0.2, -0.15) is 13.2 Å². The molecule has 6 nitrogen and oxygen atoms in total. The Balaban J connectivity index is 1.07. The molecule has 0 radical (unpaired) electrons. The van der Waals surface area contributed by atoms with E-state index in [1.807, 2.05) is 53.4 Å². The van der Waals surface area contributed by atoms with Gasteiger partial charge in [0, 0.05) is 31.1 Å². The zero-order chi connectivity index (χ0) is 28.3. The molecule has 0 bridgehead atoms. The summed E-state index contributed by atoms with van der Waals surface area (Å²) < 4.78 is 46.6. The van der Waals surface area contributed by atoms with E-state index in [0.29, 0.717) is 63.5 Å². The Morgan fingerprint density at radius 1 is 0.875 bits per heavy atom. The molecule has 3 fully saturated rings. The van der Waals surface area contributed by atoms with Crippen LogP contribution in [0.5, 0.6) is 5.75 Å². The number of nitrogens with zero attached hydrogens (tertiary/aromatic N) is 2. The molecule has 5 rings (SSSR count). The second-order valence-corrected chi connectivity index (χ2v) is 11.7. The van der Waals surface area contributed by atoms with E-state index < -0.39 is 11.6 Å². The van der Waals surface area contributed by atoms with Gasteiger partial charge in [0.1, 0.15) is 5.75 Å². The van der Waals surface area contributed by atoms with E-state index in [4.69, 9.17) is 10.5 Å². The maximum Gasteiger partial charge on any atom is 0.395 e. The van der Waals surface area contributed by atoms with Crippen LogP contribution in [0, 0.1) is 17.3 Å². The predicted molar refractivity (Wildman–Crippen MR) is 147 cm³/mol. The van der Waals surface area contributed by atoms with Crippen LogP contribution in [0.4, 0.5) is 13.2 Å². The number of ether oxygens (including phenoxy) is 1. The van der Waals surface area contributed by atoms with E-state index in [1.54, 1.807) is 4.90 Å². The van der Waals surface area contributed by atoms with Gasteiger partial charge in [-0.1, -0.05) is 30.7 Å². The minimum absolute atomic E-state index is 0.0352. The summed E-state index contributed by atoms with van der Waals surface area (Å²) >= 11 is 0. The van der Waals surface area contributed by atoms with E-state index in [-0.39, 0.29) is 37.1 Å². The Hall–Kier alpha value is -3.07. The second-order valence-electron chi connectivity index (χ2n) is 11.7. The summed E-state index contributed by atoms with van der Waals surface area (Å²) in [4.78, 5) is 28.0. The second kappa shape index (κ2) is 11.8. The lowest BCUT2D eigenvalue weighted by Crippen LogP contribution is -2.53. The summed E-state index contributed by atoms with van der Waals surface area (Å²) in [6.45, 7) is 3.15. The quantitative estimate of drug-likeness (QED) is 0.464. The van der Waals surface area contributed by atoms with Crippen LogP contribution in [-0.4, -0.2) is 67.1 Å². The molecule has 2 aliphatic heterocycles. The fourth-order valence-corrected chi connectivity index (χ4v) is 6.19. The van der Waals surface area contributed by atoms with Crippen molar-refractivity contribution in [1.82, 2.24) is 9.80 Å². The molecular formula is C31H38F3N3O3. The van der Waals surface area contributed by atoms with Crippen molar-refractivity contribution in [2.75, 3.05) is 39.3 Å². The van der Waals surface area contributed by atoms with Gasteiger partial charge in [0.2, 0.25) is 5.91 Å². The number of benzene rings is 2. The minimum Gasteiger partial charge on any atom is -0.493 e. The summed E-state index contributed by atoms with van der Waals surface area (Å²) in [6, 6.07) is 15.3. The van der Waals surface area contributed by atoms with Crippen molar-refractivity contribution in [3.8, 4) is 16.9 Å². The predicted octanol–water partition coefficient (Wildman–Crippen LogP) is 5.51. The van der Waals surface area contributed by atoms with Gasteiger partial charge < -0.3 is 20.3 Å². The molecule has 216 valence electrons. The van der Waals surface area contributed by atoms with Gasteiger partial charge in [-0.15, -0.1) is 0 Å². The molecule has 2 amide bonds. The Bertz CT molecular complexity index is 1160. The van der Waals surface area contributed by atoms with Crippen molar-refractivity contribution in [2.45, 2.75) is 51.1 Å². The van der Waals surface area contributed by atoms with Gasteiger partial charge in [-0.25, -0.2) is 0 Å². The summed E-state index contributed by atoms with van der Waals surface area (Å²) in [5.74, 6) is 0.626. The number of alkyl halides is 3. The van der Waals surface area contributed by atoms with Crippen LogP contribution in [0.15, 0.2) is 48.5 Å². The molecule has 1 aliphatic carbocycles. The first-order chi connectivity index (χ1) is 19.1. The molecule has 3 aliphatic rings. The lowest BCUT2D eigenvalue weighted by Gasteiger charge is -2.47. The van der Waals surface area contributed by atoms with E-state index in [9.17, 15) is 22.8 Å². The van der Waals surface area contributed by atoms with Crippen LogP contribution in [0.25, 0.3) is 11.1 Å². The van der Waals surface area contributed by atoms with Crippen LogP contribution < -0.4 is 10.5 Å². The number of piperidine rings is 2. The first kappa shape index (κ1) is 28.5. The van der Waals surface area contributed by atoms with Crippen LogP contribution in [0.1, 0.15) is 55.3 Å². The molecule has 1 saturated carbocycles. The van der Waals surface area contributed by atoms with Crippen LogP contribution in [-0.2, 0) is 4.79 Å². The first-order valence-electron chi connectivity index (χ1n) is 14.3. The lowest BCUT2D eigenvalue weighted by molar-refractivity contribution is -0.256. The monoisotopic (exact) mass is 557 g/mol. The maximum atomic E-state index is 13.5. The number of hydrogen-bond acceptors (Lipinski definition) is 4. The fraction of sp³-hybridized carbons (Fsp3) is 0.548. The van der Waals surface area contributed by atoms with E-state index >= 15 is 0 Å². The van der Waals surface area contributed by atoms with Crippen molar-refractivity contribution in [2.24, 2.45) is 23.0 Å². The third-order valence-electron chi connectivity index (χ3n) is 9.14. The van der Waals surface area contributed by atoms with Crippen molar-refractivity contribution in [3.05, 3.63) is 54.1 Å². The van der Waals surface area contributed by atoms with Gasteiger partial charge in [-0.05, 0) is 92.9 Å². The number of rotatable bonds is 8. The fourth-order valence-electron chi connectivity index (χ4n) is 6.19. The molecule has 2 heterocycles. The van der Waals surface area contributed by atoms with Gasteiger partial charge >= 0.3 is 6.18 Å². The normalized spacial score (nSPS) is 20.6. The molecule has 40 heavy (non-hydrogen) atoms. The third-order valence-corrected chi connectivity index (χ3v) is 9.14. The molecule has 0 spiro atoms. The molecule has 0 aromatic heterocycles. The van der Waals surface area contributed by atoms with Gasteiger partial charge in [0.05, 0.1) is 12.0 Å². The van der Waals surface area contributed by atoms with Crippen molar-refractivity contribution >= 4 is 11.8 Å². The van der Waals surface area contributed by atoms with Crippen molar-refractivity contribution in [3.63, 3.8) is 0 Å². The summed E-state index contributed by atoms with van der Waals surface area (Å²) in [6.07, 6.45) is -0.00583. The van der Waals surface area contributed by atoms with E-state index in [0.717, 1.165) is 29.7 Å². The van der Waals surface area contributed by atoms with Crippen molar-refractivity contribution in [1.29, 1.82) is 0 Å². The SMILES string of the molecule is NC(=O)C1CCN(C(=O)c2ccc(-c3ccc(OCC4CCN(CC5(C(F)(F)F)CCC5)CC4)cc3)cc2)CC1. The first-order valence-corrected chi connectivity index (χ1v) is 14.3. The molecule has 2 aromatic carbocycles. The Morgan fingerprint density at radius 2 is 1.45 bits per heavy atom. The minimum atomic E-state index is -4.11. The standard InChI is InChI=1S/C31H38F3N3O3/c32-31(33,34)30(14-1-15-30)21-36-16-10-22(11-17-36)20-40-27-8-6-24(7-9-27)23-2-4-26(5-3-23)29(39)37-18-12-25(13-19-37)28(35)38/h2-9,22,25H,1,10-21H2,(H2,35,38). The Morgan fingerprint density at radius 3 is 1.95 bits per heavy atom. The summed E-state index contributed by atoms with van der Waals surface area (Å²) in [7, 11) is 0. The van der Waals surface area contributed by atoms with Crippen LogP contribution >= 0.6 is 0 Å². The molecular weight excluding hydrogens is 519 g/mol. The largest absolute Gasteiger partial charge is 0.493 e. The van der Waals surface area contributed by atoms with Gasteiger partial charge in [0.25, 0.3) is 5.91 Å². The number of amides is 2. The van der Waals surface area contributed by atoms with Gasteiger partial charge in [-0.3, -0.25) is 9.59 Å². The highest BCUT2D eigenvalue weighted by molar-refractivity contribution is 5.95. The van der Waals surface area contributed by atoms with Crippen LogP contribution in [0.2, 0.25) is 0 Å². The number of nitrogens with two attached hydrogens (primary N) is 1. The van der Waals surface area contributed by atoms with Gasteiger partial charge in [0.15, 0.2) is 0 Å². The highest BCUT2D eigenvalue weighted by Gasteiger charge is 2.58. The van der Waals surface area contributed by atoms with Crippen LogP contribution in [0.3, 0.4) is 0 Å². The number of primary amides is 1. The highest BCUT2D eigenvalue weighted by atomic mass is 19.4. The lowest BCUT2D eigenvalue weighted by atomic mass is 9.67. The molecule has 9 heteroatoms. The maximum absolute atomic E-state index is 13.5. The van der Waals surface area contributed by atoms with E-state index in [2.05, 4.69) is 0 Å². The summed E-state index contributed by atoms with van der Waals surface area (Å²) in [5, 5.41) is 0. The number of likely N-dealkylation sites (tertiary alicyclic amines) is 2. The molecule has 2 aromatic rings. The molecule has 2 saturated heterocycles. The third kappa shape index (κ3) is 6.29. The Kier molecular flexibility index (Phi) is 8.40. The molecule has 2 N–H and O–H groups in total. The zero-order valence-electron chi connectivity index (χ0n) is 22.8. The number of halogens is 3. The smallest absolute Gasteiger partial charge is 0.395 e. The van der Waals surface area contributed by atoms with Crippen molar-refractivity contribution < 1.29 is 27.5 Å². The average molecular weight is 558 g/mol. The Labute approximate surface area is 233 Å². The number of carbonyl (C=O) groups excluding carboxylic acids is 2.